The average molecular weight is 269 g/mol. The Kier molecular flexibility index (Phi) is 4.87. The van der Waals surface area contributed by atoms with Crippen LogP contribution >= 0.6 is 11.6 Å². The first-order valence-electron chi connectivity index (χ1n) is 6.50. The Balaban J connectivity index is 1.84. The van der Waals surface area contributed by atoms with Crippen LogP contribution in [0.25, 0.3) is 0 Å². The fourth-order valence-corrected chi connectivity index (χ4v) is 2.34. The molecule has 18 heavy (non-hydrogen) atoms. The molecular formula is C14H21ClN2O. The summed E-state index contributed by atoms with van der Waals surface area (Å²) in [6.45, 7) is 10.2. The molecule has 2 rings (SSSR count). The van der Waals surface area contributed by atoms with Crippen molar-refractivity contribution in [1.82, 2.24) is 10.2 Å². The van der Waals surface area contributed by atoms with Crippen LogP contribution in [0.15, 0.2) is 12.1 Å². The van der Waals surface area contributed by atoms with Crippen LogP contribution in [0.3, 0.4) is 0 Å². The van der Waals surface area contributed by atoms with E-state index in [0.717, 1.165) is 61.2 Å². The van der Waals surface area contributed by atoms with Gasteiger partial charge < -0.3 is 10.1 Å². The summed E-state index contributed by atoms with van der Waals surface area (Å²) in [5.74, 6) is 0.951. The van der Waals surface area contributed by atoms with E-state index in [2.05, 4.69) is 17.1 Å². The SMILES string of the molecule is Cc1c(Cl)ccc(OCCN2CCNCC2)c1C. The summed E-state index contributed by atoms with van der Waals surface area (Å²) in [7, 11) is 0. The molecule has 1 saturated heterocycles. The summed E-state index contributed by atoms with van der Waals surface area (Å²) in [5, 5.41) is 4.16. The third kappa shape index (κ3) is 3.37. The van der Waals surface area contributed by atoms with Crippen molar-refractivity contribution in [3.05, 3.63) is 28.3 Å². The van der Waals surface area contributed by atoms with Crippen LogP contribution in [0.1, 0.15) is 11.1 Å². The summed E-state index contributed by atoms with van der Waals surface area (Å²) in [6, 6.07) is 3.87. The summed E-state index contributed by atoms with van der Waals surface area (Å²) < 4.78 is 5.85. The lowest BCUT2D eigenvalue weighted by atomic mass is 10.1. The topological polar surface area (TPSA) is 24.5 Å². The molecule has 0 unspecified atom stereocenters. The maximum atomic E-state index is 6.07. The van der Waals surface area contributed by atoms with Gasteiger partial charge in [-0.2, -0.15) is 0 Å². The van der Waals surface area contributed by atoms with Crippen molar-refractivity contribution in [1.29, 1.82) is 0 Å². The van der Waals surface area contributed by atoms with Gasteiger partial charge in [0.25, 0.3) is 0 Å². The number of halogens is 1. The van der Waals surface area contributed by atoms with Crippen LogP contribution in [0.4, 0.5) is 0 Å². The fourth-order valence-electron chi connectivity index (χ4n) is 2.14. The van der Waals surface area contributed by atoms with Gasteiger partial charge in [0, 0.05) is 37.7 Å². The maximum absolute atomic E-state index is 6.07. The first-order chi connectivity index (χ1) is 8.68. The van der Waals surface area contributed by atoms with Gasteiger partial charge in [-0.1, -0.05) is 11.6 Å². The largest absolute Gasteiger partial charge is 0.492 e. The molecule has 1 N–H and O–H groups in total. The first-order valence-corrected chi connectivity index (χ1v) is 6.88. The van der Waals surface area contributed by atoms with E-state index in [1.165, 1.54) is 0 Å². The highest BCUT2D eigenvalue weighted by Gasteiger charge is 2.10. The van der Waals surface area contributed by atoms with Gasteiger partial charge in [-0.25, -0.2) is 0 Å². The van der Waals surface area contributed by atoms with Crippen molar-refractivity contribution in [3.8, 4) is 5.75 Å². The van der Waals surface area contributed by atoms with E-state index in [9.17, 15) is 0 Å². The van der Waals surface area contributed by atoms with E-state index in [0.29, 0.717) is 0 Å². The summed E-state index contributed by atoms with van der Waals surface area (Å²) in [5.41, 5.74) is 2.25. The molecule has 0 radical (unpaired) electrons. The number of hydrogen-bond donors (Lipinski definition) is 1. The van der Waals surface area contributed by atoms with Gasteiger partial charge in [0.2, 0.25) is 0 Å². The molecule has 3 nitrogen and oxygen atoms in total. The highest BCUT2D eigenvalue weighted by molar-refractivity contribution is 6.31. The van der Waals surface area contributed by atoms with Gasteiger partial charge >= 0.3 is 0 Å². The molecule has 0 bridgehead atoms. The molecule has 1 aliphatic rings. The quantitative estimate of drug-likeness (QED) is 0.907. The zero-order valence-electron chi connectivity index (χ0n) is 11.1. The van der Waals surface area contributed by atoms with E-state index < -0.39 is 0 Å². The van der Waals surface area contributed by atoms with E-state index in [1.54, 1.807) is 0 Å². The van der Waals surface area contributed by atoms with E-state index in [1.807, 2.05) is 19.1 Å². The predicted molar refractivity (Wildman–Crippen MR) is 75.7 cm³/mol. The Morgan fingerprint density at radius 1 is 1.22 bits per heavy atom. The normalized spacial score (nSPS) is 16.8. The molecule has 0 atom stereocenters. The van der Waals surface area contributed by atoms with Gasteiger partial charge in [-0.15, -0.1) is 0 Å². The minimum absolute atomic E-state index is 0.738. The van der Waals surface area contributed by atoms with Gasteiger partial charge in [0.1, 0.15) is 12.4 Å². The first kappa shape index (κ1) is 13.7. The fraction of sp³-hybridized carbons (Fsp3) is 0.571. The second-order valence-electron chi connectivity index (χ2n) is 4.74. The lowest BCUT2D eigenvalue weighted by molar-refractivity contribution is 0.191. The van der Waals surface area contributed by atoms with E-state index in [-0.39, 0.29) is 0 Å². The summed E-state index contributed by atoms with van der Waals surface area (Å²) >= 11 is 6.07. The highest BCUT2D eigenvalue weighted by atomic mass is 35.5. The molecule has 1 aliphatic heterocycles. The number of rotatable bonds is 4. The molecule has 1 aromatic carbocycles. The van der Waals surface area contributed by atoms with Gasteiger partial charge in [0.05, 0.1) is 0 Å². The minimum atomic E-state index is 0.738. The van der Waals surface area contributed by atoms with Crippen LogP contribution in [0, 0.1) is 13.8 Å². The van der Waals surface area contributed by atoms with E-state index >= 15 is 0 Å². The number of piperazine rings is 1. The Labute approximate surface area is 114 Å². The molecule has 4 heteroatoms. The standard InChI is InChI=1S/C14H21ClN2O/c1-11-12(2)14(4-3-13(11)15)18-10-9-17-7-5-16-6-8-17/h3-4,16H,5-10H2,1-2H3. The Morgan fingerprint density at radius 2 is 1.94 bits per heavy atom. The molecule has 0 saturated carbocycles. The third-order valence-electron chi connectivity index (χ3n) is 3.55. The Morgan fingerprint density at radius 3 is 2.67 bits per heavy atom. The number of hydrogen-bond acceptors (Lipinski definition) is 3. The monoisotopic (exact) mass is 268 g/mol. The van der Waals surface area contributed by atoms with Crippen molar-refractivity contribution < 1.29 is 4.74 Å². The minimum Gasteiger partial charge on any atom is -0.492 e. The third-order valence-corrected chi connectivity index (χ3v) is 3.96. The molecule has 0 aromatic heterocycles. The van der Waals surface area contributed by atoms with E-state index in [4.69, 9.17) is 16.3 Å². The lowest BCUT2D eigenvalue weighted by Gasteiger charge is -2.27. The molecule has 0 amide bonds. The molecule has 100 valence electrons. The zero-order valence-corrected chi connectivity index (χ0v) is 11.9. The maximum Gasteiger partial charge on any atom is 0.122 e. The molecule has 0 aliphatic carbocycles. The second kappa shape index (κ2) is 6.41. The number of nitrogens with one attached hydrogen (secondary N) is 1. The van der Waals surface area contributed by atoms with Crippen LogP contribution < -0.4 is 10.1 Å². The Bertz CT molecular complexity index is 403. The summed E-state index contributed by atoms with van der Waals surface area (Å²) in [6.07, 6.45) is 0. The van der Waals surface area contributed by atoms with Crippen LogP contribution in [0.5, 0.6) is 5.75 Å². The van der Waals surface area contributed by atoms with Gasteiger partial charge in [0.15, 0.2) is 0 Å². The van der Waals surface area contributed by atoms with Crippen LogP contribution in [0.2, 0.25) is 5.02 Å². The van der Waals surface area contributed by atoms with Crippen molar-refractivity contribution in [2.24, 2.45) is 0 Å². The number of ether oxygens (including phenoxy) is 1. The van der Waals surface area contributed by atoms with Crippen molar-refractivity contribution in [2.45, 2.75) is 13.8 Å². The summed E-state index contributed by atoms with van der Waals surface area (Å²) in [4.78, 5) is 2.43. The van der Waals surface area contributed by atoms with Crippen molar-refractivity contribution >= 4 is 11.6 Å². The van der Waals surface area contributed by atoms with Gasteiger partial charge in [-0.3, -0.25) is 4.90 Å². The number of benzene rings is 1. The van der Waals surface area contributed by atoms with Crippen LogP contribution in [-0.2, 0) is 0 Å². The van der Waals surface area contributed by atoms with Crippen molar-refractivity contribution in [2.75, 3.05) is 39.3 Å². The number of nitrogens with zero attached hydrogens (tertiary/aromatic N) is 1. The smallest absolute Gasteiger partial charge is 0.122 e. The Hall–Kier alpha value is -0.770. The predicted octanol–water partition coefficient (Wildman–Crippen LogP) is 2.24. The lowest BCUT2D eigenvalue weighted by Crippen LogP contribution is -2.44. The van der Waals surface area contributed by atoms with Crippen molar-refractivity contribution in [3.63, 3.8) is 0 Å². The zero-order chi connectivity index (χ0) is 13.0. The van der Waals surface area contributed by atoms with Gasteiger partial charge in [-0.05, 0) is 37.1 Å². The molecule has 0 spiro atoms. The molecule has 1 heterocycles. The molecule has 1 fully saturated rings. The van der Waals surface area contributed by atoms with Crippen LogP contribution in [-0.4, -0.2) is 44.2 Å². The highest BCUT2D eigenvalue weighted by Crippen LogP contribution is 2.27. The second-order valence-corrected chi connectivity index (χ2v) is 5.14. The molecule has 1 aromatic rings. The average Bonchev–Trinajstić information content (AvgIpc) is 2.40. The molecular weight excluding hydrogens is 248 g/mol.